The lowest BCUT2D eigenvalue weighted by atomic mass is 9.79. The summed E-state index contributed by atoms with van der Waals surface area (Å²) < 4.78 is 68.0. The van der Waals surface area contributed by atoms with Crippen LogP contribution >= 0.6 is 103 Å². The minimum absolute atomic E-state index is 0.0175. The quantitative estimate of drug-likeness (QED) is 0.0227. The van der Waals surface area contributed by atoms with E-state index in [0.29, 0.717) is 79.6 Å². The molecule has 5 saturated heterocycles. The first-order valence-electron chi connectivity index (χ1n) is 45.3. The first-order chi connectivity index (χ1) is 64.1. The molecule has 5 fully saturated rings. The third-order valence-corrected chi connectivity index (χ3v) is 26.3. The largest absolute Gasteiger partial charge is 0.494 e. The van der Waals surface area contributed by atoms with Gasteiger partial charge in [0.1, 0.15) is 39.7 Å². The van der Waals surface area contributed by atoms with E-state index in [9.17, 15) is 48.6 Å². The van der Waals surface area contributed by atoms with Crippen LogP contribution in [0.1, 0.15) is 205 Å². The predicted octanol–water partition coefficient (Wildman–Crippen LogP) is 24.9. The number of nitrogens with zero attached hydrogens (tertiary/aromatic N) is 11. The standard InChI is InChI=1S/C23H34BN3O4.C22H23BrClNO3S.C17H22BrN3O2.C15H20BrN3O4.C15H22BrN3O2.C6H3BrFNO2/c1-15-25-18-10-9-16(24-30-22(5,6)23(7,8)31-24)13-19(18)27(15)17-11-12-26(14-17)20(28)29-21(2,3)4;1-6-27-20(26)18(28-22(3,4)5)16-12(2)11-15-19(29-21(23)25-15)17(16)13-7-9-14(24)10-8-13;1-11-19-14-6-5-12(18)9-15(14)21(11)13-7-8-20(10-13)16(22)23-17(2,3)4;1-15(2,3)23-14(20)18-7-6-11(9-18)17-12-8-10(16)4-5-13(12)19(21)22;1-15(2,3)21-14(20)19-7-6-11(9-19)18-13-8-10(16)4-5-12(13)17;7-4-1-2-6(9(10)11)5(8)3-4/h9-10,13,17H,11-12,14H2,1-8H3;7-11,18H,6H2,1-5H3;5-6,9,13H,7-8,10H2,1-4H3;4-5,8,11,17H,6-7,9H2,1-3H3;4-5,8,11,18H,6-7,9,17H2,1-3H3;1-3H/t17-;18-;13-;2*11-;/m10111./s1. The van der Waals surface area contributed by atoms with Gasteiger partial charge >= 0.3 is 43.1 Å². The molecule has 4 amide bonds. The maximum atomic E-state index is 13.0. The number of fused-ring (bicyclic) bond motifs is 3. The van der Waals surface area contributed by atoms with E-state index in [4.69, 9.17) is 60.0 Å². The Bertz CT molecular complexity index is 6060. The van der Waals surface area contributed by atoms with Crippen molar-refractivity contribution in [2.75, 3.05) is 75.3 Å². The van der Waals surface area contributed by atoms with Gasteiger partial charge < -0.3 is 82.8 Å². The molecule has 0 spiro atoms. The van der Waals surface area contributed by atoms with E-state index >= 15 is 0 Å². The van der Waals surface area contributed by atoms with Crippen molar-refractivity contribution in [1.82, 2.24) is 43.7 Å². The first kappa shape index (κ1) is 111. The number of imidazole rings is 2. The van der Waals surface area contributed by atoms with Gasteiger partial charge in [0.05, 0.1) is 89.0 Å². The smallest absolute Gasteiger partial charge is 0.464 e. The van der Waals surface area contributed by atoms with Gasteiger partial charge in [-0.1, -0.05) is 93.5 Å². The SMILES string of the molecule is CC(C)(C)OC(=O)N1CC[C@@H](Nc2cc(Br)ccc2N)C1.CC(C)(C)OC(=O)N1CC[C@@H](Nc2cc(Br)ccc2[N+](=O)[O-])C1.CCOC(=O)[C@@H](OC(C)(C)C)c1c(C)cc2nc(Br)sc2c1-c1ccc(Cl)cc1.Cc1nc2ccc(B3OC(C)(C)C(C)(C)O3)cc2n1[C@@H]1CCN(C(=O)OC(C)(C)C)C1.Cc1nc2ccc(Br)cc2n1[C@@H]1CCN(C(=O)OC(C)(C)C)C1.O=[N+]([O-])c1ccc(Br)cc1F. The lowest BCUT2D eigenvalue weighted by molar-refractivity contribution is -0.387. The highest BCUT2D eigenvalue weighted by Gasteiger charge is 2.52. The number of aromatic nitrogens is 5. The number of benzene rings is 7. The lowest BCUT2D eigenvalue weighted by Crippen LogP contribution is -2.41. The van der Waals surface area contributed by atoms with Crippen LogP contribution in [0.2, 0.25) is 5.02 Å². The van der Waals surface area contributed by atoms with Gasteiger partial charge in [0, 0.05) is 111 Å². The second-order valence-electron chi connectivity index (χ2n) is 40.0. The third kappa shape index (κ3) is 30.4. The van der Waals surface area contributed by atoms with Crippen molar-refractivity contribution >= 4 is 206 Å². The number of nitro benzene ring substituents is 2. The molecule has 0 saturated carbocycles. The Morgan fingerprint density at radius 3 is 1.41 bits per heavy atom. The molecule has 0 radical (unpaired) electrons. The van der Waals surface area contributed by atoms with Crippen LogP contribution in [0.15, 0.2) is 143 Å². The van der Waals surface area contributed by atoms with Crippen LogP contribution in [0.5, 0.6) is 0 Å². The Kier molecular flexibility index (Phi) is 36.7. The molecule has 0 aliphatic carbocycles. The average Bonchev–Trinajstić information content (AvgIpc) is 1.53. The number of nitrogen functional groups attached to an aromatic ring is 1. The molecule has 40 heteroatoms. The summed E-state index contributed by atoms with van der Waals surface area (Å²) in [5.41, 5.74) is 13.7. The number of nitrogens with one attached hydrogen (secondary N) is 2. The number of rotatable bonds is 14. The summed E-state index contributed by atoms with van der Waals surface area (Å²) in [6, 6.07) is 36.4. The summed E-state index contributed by atoms with van der Waals surface area (Å²) >= 11 is 24.4. The van der Waals surface area contributed by atoms with Crippen molar-refractivity contribution in [2.45, 2.75) is 254 Å². The fourth-order valence-corrected chi connectivity index (χ4v) is 18.9. The molecule has 0 unspecified atom stereocenters. The number of esters is 1. The number of amides is 4. The van der Waals surface area contributed by atoms with Crippen LogP contribution in [0.4, 0.5) is 52.0 Å². The molecular weight excluding hydrogens is 2140 g/mol. The number of nitro groups is 2. The van der Waals surface area contributed by atoms with Crippen LogP contribution in [0.3, 0.4) is 0 Å². The first-order valence-corrected chi connectivity index (χ1v) is 50.5. The molecule has 31 nitrogen and oxygen atoms in total. The molecule has 8 heterocycles. The van der Waals surface area contributed by atoms with Crippen LogP contribution in [0.25, 0.3) is 43.4 Å². The maximum Gasteiger partial charge on any atom is 0.494 e. The van der Waals surface area contributed by atoms with Crippen molar-refractivity contribution in [3.8, 4) is 11.1 Å². The molecule has 138 heavy (non-hydrogen) atoms. The minimum atomic E-state index is -0.856. The fraction of sp³-hybridized carbons (Fsp3) is 0.490. The van der Waals surface area contributed by atoms with Crippen molar-refractivity contribution in [2.24, 2.45) is 0 Å². The van der Waals surface area contributed by atoms with Gasteiger partial charge in [0.2, 0.25) is 5.82 Å². The van der Waals surface area contributed by atoms with Crippen molar-refractivity contribution in [1.29, 1.82) is 0 Å². The van der Waals surface area contributed by atoms with Gasteiger partial charge in [-0.2, -0.15) is 4.39 Å². The number of thiazole rings is 1. The predicted molar refractivity (Wildman–Crippen MR) is 558 cm³/mol. The number of carbonyl (C=O) groups excluding carboxylic acids is 5. The molecule has 0 bridgehead atoms. The number of aryl methyl sites for hydroxylation is 3. The third-order valence-electron chi connectivity index (χ3n) is 22.5. The number of carbonyl (C=O) groups is 5. The molecular formula is C98H124BBr5ClFN14O17S. The summed E-state index contributed by atoms with van der Waals surface area (Å²) in [5, 5.41) is 28.4. The lowest BCUT2D eigenvalue weighted by Gasteiger charge is -2.32. The van der Waals surface area contributed by atoms with Crippen molar-refractivity contribution in [3.05, 3.63) is 197 Å². The number of hydrogen-bond donors (Lipinski definition) is 3. The molecule has 746 valence electrons. The second-order valence-corrected chi connectivity index (χ2v) is 46.4. The van der Waals surface area contributed by atoms with Crippen LogP contribution < -0.4 is 21.8 Å². The summed E-state index contributed by atoms with van der Waals surface area (Å²) in [4.78, 5) is 103. The van der Waals surface area contributed by atoms with Crippen molar-refractivity contribution < 1.29 is 75.9 Å². The Labute approximate surface area is 856 Å². The van der Waals surface area contributed by atoms with E-state index < -0.39 is 68.5 Å². The second kappa shape index (κ2) is 45.7. The normalized spacial score (nSPS) is 17.6. The van der Waals surface area contributed by atoms with E-state index in [2.05, 4.69) is 149 Å². The van der Waals surface area contributed by atoms with Gasteiger partial charge in [-0.05, 0) is 308 Å². The average molecular weight is 2270 g/mol. The van der Waals surface area contributed by atoms with Gasteiger partial charge in [-0.15, -0.1) is 11.3 Å². The minimum Gasteiger partial charge on any atom is -0.464 e. The number of likely N-dealkylation sites (tertiary alicyclic amines) is 4. The van der Waals surface area contributed by atoms with Gasteiger partial charge in [0.15, 0.2) is 10.0 Å². The zero-order valence-corrected chi connectivity index (χ0v) is 91.7. The maximum absolute atomic E-state index is 13.0. The molecule has 10 aromatic rings. The van der Waals surface area contributed by atoms with E-state index in [1.54, 1.807) is 38.7 Å². The van der Waals surface area contributed by atoms with Gasteiger partial charge in [0.25, 0.3) is 5.69 Å². The van der Waals surface area contributed by atoms with Gasteiger partial charge in [-0.25, -0.2) is 38.9 Å². The summed E-state index contributed by atoms with van der Waals surface area (Å²) in [7, 11) is -0.417. The fourth-order valence-electron chi connectivity index (χ4n) is 15.8. The van der Waals surface area contributed by atoms with Crippen LogP contribution in [0, 0.1) is 46.8 Å². The van der Waals surface area contributed by atoms with E-state index in [1.807, 2.05) is 197 Å². The van der Waals surface area contributed by atoms with E-state index in [0.717, 1.165) is 126 Å². The summed E-state index contributed by atoms with van der Waals surface area (Å²) in [5.74, 6) is 0.694. The van der Waals surface area contributed by atoms with E-state index in [1.165, 1.54) is 23.5 Å². The highest BCUT2D eigenvalue weighted by molar-refractivity contribution is 9.11. The number of hydrogen-bond acceptors (Lipinski definition) is 24. The number of anilines is 3. The number of ether oxygens (including phenoxy) is 6. The van der Waals surface area contributed by atoms with Crippen LogP contribution in [-0.4, -0.2) is 201 Å². The Morgan fingerprint density at radius 1 is 0.543 bits per heavy atom. The molecule has 5 atom stereocenters. The molecule has 5 aliphatic rings. The van der Waals surface area contributed by atoms with Crippen molar-refractivity contribution in [3.63, 3.8) is 0 Å². The Hall–Kier alpha value is -9.32. The Morgan fingerprint density at radius 2 is 0.957 bits per heavy atom. The molecule has 5 aliphatic heterocycles. The topological polar surface area (TPSA) is 357 Å². The summed E-state index contributed by atoms with van der Waals surface area (Å²) in [6.07, 6.45) is 1.42. The van der Waals surface area contributed by atoms with Gasteiger partial charge in [-0.3, -0.25) is 20.2 Å². The van der Waals surface area contributed by atoms with E-state index in [-0.39, 0.29) is 72.0 Å². The molecule has 3 aromatic heterocycles. The van der Waals surface area contributed by atoms with Crippen LogP contribution in [-0.2, 0) is 42.5 Å². The highest BCUT2D eigenvalue weighted by atomic mass is 79.9. The Balaban J connectivity index is 0.000000174. The summed E-state index contributed by atoms with van der Waals surface area (Å²) in [6.45, 7) is 49.6. The number of nitrogens with two attached hydrogens (primary N) is 1. The zero-order chi connectivity index (χ0) is 102. The highest BCUT2D eigenvalue weighted by Crippen LogP contribution is 2.46. The monoisotopic (exact) mass is 2260 g/mol. The zero-order valence-electron chi connectivity index (χ0n) is 82.2. The molecule has 4 N–H and O–H groups in total. The molecule has 7 aromatic carbocycles. The molecule has 15 rings (SSSR count). The number of halogens is 7.